The lowest BCUT2D eigenvalue weighted by atomic mass is 9.84. The second kappa shape index (κ2) is 57.1. The van der Waals surface area contributed by atoms with E-state index in [9.17, 15) is 0 Å². The normalized spacial score (nSPS) is 17.3. The molecule has 0 radical (unpaired) electrons. The van der Waals surface area contributed by atoms with Crippen molar-refractivity contribution in [2.24, 2.45) is 17.8 Å². The molecule has 2 unspecified atom stereocenters. The quantitative estimate of drug-likeness (QED) is 0.0400. The van der Waals surface area contributed by atoms with Crippen molar-refractivity contribution in [2.75, 3.05) is 137 Å². The summed E-state index contributed by atoms with van der Waals surface area (Å²) in [5.41, 5.74) is 17.6. The van der Waals surface area contributed by atoms with Gasteiger partial charge in [-0.15, -0.1) is 0 Å². The number of pyridine rings is 6. The molecule has 5 N–H and O–H groups in total. The highest BCUT2D eigenvalue weighted by molar-refractivity contribution is 5.48. The smallest absolute Gasteiger partial charge is 0.213 e. The van der Waals surface area contributed by atoms with Crippen LogP contribution in [0.2, 0.25) is 0 Å². The van der Waals surface area contributed by atoms with Crippen molar-refractivity contribution in [3.63, 3.8) is 0 Å². The first-order valence-corrected chi connectivity index (χ1v) is 52.0. The minimum absolute atomic E-state index is 0.0547. The van der Waals surface area contributed by atoms with Gasteiger partial charge in [-0.2, -0.15) is 0 Å². The summed E-state index contributed by atoms with van der Waals surface area (Å²) >= 11 is 0. The zero-order valence-corrected chi connectivity index (χ0v) is 91.0. The van der Waals surface area contributed by atoms with Crippen LogP contribution in [0.25, 0.3) is 0 Å². The molecule has 1 aliphatic carbocycles. The van der Waals surface area contributed by atoms with E-state index in [2.05, 4.69) is 333 Å². The number of piperidine rings is 2. The number of likely N-dealkylation sites (N-methyl/N-ethyl adjacent to an activating group) is 3. The van der Waals surface area contributed by atoms with Gasteiger partial charge >= 0.3 is 0 Å². The van der Waals surface area contributed by atoms with E-state index in [1.54, 1.807) is 12.7 Å². The Labute approximate surface area is 831 Å². The molecular formula is C115H187N17O5. The van der Waals surface area contributed by atoms with Crippen molar-refractivity contribution < 1.29 is 23.7 Å². The summed E-state index contributed by atoms with van der Waals surface area (Å²) in [7, 11) is 8.10. The summed E-state index contributed by atoms with van der Waals surface area (Å²) in [6, 6.07) is 28.3. The van der Waals surface area contributed by atoms with Gasteiger partial charge in [0.1, 0.15) is 37.0 Å². The Morgan fingerprint density at radius 3 is 1.36 bits per heavy atom. The van der Waals surface area contributed by atoms with Crippen LogP contribution < -0.4 is 41.0 Å². The minimum atomic E-state index is 0.0547. The van der Waals surface area contributed by atoms with E-state index in [0.717, 1.165) is 195 Å². The first-order chi connectivity index (χ1) is 64.6. The van der Waals surface area contributed by atoms with E-state index in [1.807, 2.05) is 70.5 Å². The number of aromatic nitrogens is 10. The molecule has 5 saturated heterocycles. The van der Waals surface area contributed by atoms with E-state index in [4.69, 9.17) is 23.7 Å². The van der Waals surface area contributed by atoms with Crippen LogP contribution in [0, 0.1) is 24.7 Å². The molecule has 6 fully saturated rings. The number of ether oxygens (including phenoxy) is 5. The van der Waals surface area contributed by atoms with Gasteiger partial charge in [-0.05, 0) is 294 Å². The summed E-state index contributed by atoms with van der Waals surface area (Å²) in [6.45, 7) is 69.6. The Balaban J connectivity index is 0.000000213. The molecule has 22 nitrogen and oxygen atoms in total. The van der Waals surface area contributed by atoms with Crippen molar-refractivity contribution >= 4 is 11.6 Å². The molecule has 8 aromatic heterocycles. The highest BCUT2D eigenvalue weighted by atomic mass is 16.5. The number of hydrogen-bond acceptors (Lipinski definition) is 22. The molecule has 2 atom stereocenters. The number of anilines is 2. The summed E-state index contributed by atoms with van der Waals surface area (Å²) in [6.07, 6.45) is 38.7. The van der Waals surface area contributed by atoms with Crippen molar-refractivity contribution in [1.82, 2.24) is 76.0 Å². The van der Waals surface area contributed by atoms with Gasteiger partial charge in [-0.25, -0.2) is 34.9 Å². The Bertz CT molecular complexity index is 4480. The molecular weight excluding hydrogens is 1700 g/mol. The molecule has 0 spiro atoms. The lowest BCUT2D eigenvalue weighted by molar-refractivity contribution is 0.0237. The number of hydrogen-bond donors (Lipinski definition) is 5. The zero-order valence-electron chi connectivity index (χ0n) is 91.0. The summed E-state index contributed by atoms with van der Waals surface area (Å²) in [5, 5.41) is 16.8. The molecule has 137 heavy (non-hydrogen) atoms. The molecule has 0 aromatic carbocycles. The van der Waals surface area contributed by atoms with Gasteiger partial charge in [0.2, 0.25) is 11.8 Å². The van der Waals surface area contributed by atoms with E-state index < -0.39 is 0 Å². The second-order valence-corrected chi connectivity index (χ2v) is 47.1. The summed E-state index contributed by atoms with van der Waals surface area (Å²) in [4.78, 5) is 48.2. The Morgan fingerprint density at radius 2 is 0.876 bits per heavy atom. The maximum Gasteiger partial charge on any atom is 0.213 e. The number of aryl methyl sites for hydroxylation is 3. The van der Waals surface area contributed by atoms with Gasteiger partial charge in [0.05, 0.1) is 18.4 Å². The maximum atomic E-state index is 5.94. The lowest BCUT2D eigenvalue weighted by Crippen LogP contribution is -2.38. The van der Waals surface area contributed by atoms with Crippen LogP contribution in [0.3, 0.4) is 0 Å². The highest BCUT2D eigenvalue weighted by Crippen LogP contribution is 2.34. The van der Waals surface area contributed by atoms with Gasteiger partial charge < -0.3 is 60.1 Å². The van der Waals surface area contributed by atoms with E-state index in [-0.39, 0.29) is 43.3 Å². The molecule has 8 aromatic rings. The van der Waals surface area contributed by atoms with Gasteiger partial charge in [0, 0.05) is 166 Å². The zero-order chi connectivity index (χ0) is 100. The van der Waals surface area contributed by atoms with Crippen LogP contribution in [0.15, 0.2) is 129 Å². The molecule has 22 heteroatoms. The Hall–Kier alpha value is -8.06. The molecule has 1 saturated carbocycles. The van der Waals surface area contributed by atoms with Gasteiger partial charge in [0.15, 0.2) is 0 Å². The minimum Gasteiger partial charge on any atom is -0.476 e. The highest BCUT2D eigenvalue weighted by Gasteiger charge is 2.28. The Kier molecular flexibility index (Phi) is 48.3. The average Bonchev–Trinajstić information content (AvgIpc) is 1.12. The maximum absolute atomic E-state index is 5.94. The number of nitrogens with zero attached hydrogens (tertiary/aromatic N) is 12. The number of morpholine rings is 1. The Morgan fingerprint density at radius 1 is 0.409 bits per heavy atom. The molecule has 13 heterocycles. The molecule has 0 bridgehead atoms. The molecule has 14 rings (SSSR count). The first kappa shape index (κ1) is 116. The molecule has 6 aliphatic rings. The average molecular weight is 1890 g/mol. The number of rotatable bonds is 23. The summed E-state index contributed by atoms with van der Waals surface area (Å²) in [5.74, 6) is 6.00. The molecule has 0 amide bonds. The molecule has 762 valence electrons. The topological polar surface area (TPSA) is 242 Å². The second-order valence-electron chi connectivity index (χ2n) is 47.1. The van der Waals surface area contributed by atoms with Crippen molar-refractivity contribution in [1.29, 1.82) is 0 Å². The van der Waals surface area contributed by atoms with E-state index >= 15 is 0 Å². The van der Waals surface area contributed by atoms with E-state index in [0.29, 0.717) is 36.7 Å². The third-order valence-corrected chi connectivity index (χ3v) is 26.2. The standard InChI is InChI=1S/C17H27N.C16H26N2.C15H24N2O.C14H23N3O.C14H22N2O.C13H23N3.C13H20N2O.C13H22N2O/c1-17(2,3)15-11-12-18-16(13-15)10-9-14-7-5-4-6-8-14;1-16(2,3)14-8-11-18-15(12-14)5-4-13-6-9-17-10-7-13;1-15(2,3)12-6-7-17-13(10-12)4-5-14-11-16-8-9-18-14;1-10-12(14(2,3)4)15-9-16-13(10)17-11-5-7-18-8-6-11;1-14(2,3)11-4-9-16-13(10-11)17-12-5-7-15-8-6-12;1-13(2,3)11-6-7-15-12(10-11)16(5)9-8-14-4;1-13(2,3)12-7-11(14-9-15-12)6-10-4-5-16-8-10;1-13(2,3)11-6-7-14-12(10-11)16-9-8-15(4)5/h11-14H,4-10H2,1-3H3;8,11-13,17H,4-7,9-10H2,1-3H3;6-7,10,14,16H,4-5,8-9,11H2,1-3H3;9,11H,5-8H2,1-4H3,(H,15,16,17);4,9-10,12,15H,5-8H2,1-3H3;6-7,10,14H,8-9H2,1-5H3;7,9-10H,4-6,8H2,1-3H3;6-7,10H,8-9H2,1-5H3. The fourth-order valence-corrected chi connectivity index (χ4v) is 16.9. The van der Waals surface area contributed by atoms with Gasteiger partial charge in [-0.3, -0.25) is 15.0 Å². The van der Waals surface area contributed by atoms with Crippen molar-refractivity contribution in [2.45, 2.75) is 357 Å². The van der Waals surface area contributed by atoms with Crippen molar-refractivity contribution in [3.05, 3.63) is 202 Å². The molecule has 5 aliphatic heterocycles. The van der Waals surface area contributed by atoms with Gasteiger partial charge in [0.25, 0.3) is 0 Å². The summed E-state index contributed by atoms with van der Waals surface area (Å²) < 4.78 is 28.0. The fourth-order valence-electron chi connectivity index (χ4n) is 16.9. The van der Waals surface area contributed by atoms with Crippen LogP contribution >= 0.6 is 0 Å². The first-order valence-electron chi connectivity index (χ1n) is 52.0. The van der Waals surface area contributed by atoms with Crippen LogP contribution in [-0.2, 0) is 83.2 Å². The number of nitrogens with one attached hydrogen (secondary N) is 5. The third-order valence-electron chi connectivity index (χ3n) is 26.2. The SMILES string of the molecule is CC(C)(C)c1cc(CC2CCOC2)ncn1.CC(C)(C)c1ccnc(CCC2CCCCC2)c1.CC(C)(C)c1ccnc(CCC2CCNCC2)c1.CC(C)(C)c1ccnc(CCC2CNCCO2)c1.CC(C)(C)c1ccnc(OC2CCNCC2)c1.CN(C)CCOc1cc(C(C)(C)C)ccn1.CNCCN(C)c1cc(C(C)(C)C)ccn1.Cc1c(NC2CCOCC2)ncnc1C(C)(C)C. The van der Waals surface area contributed by atoms with Crippen LogP contribution in [0.4, 0.5) is 11.6 Å². The largest absolute Gasteiger partial charge is 0.476 e. The third kappa shape index (κ3) is 45.2. The van der Waals surface area contributed by atoms with Crippen LogP contribution in [0.1, 0.15) is 336 Å². The fraction of sp³-hybridized carbons (Fsp3) is 0.670. The van der Waals surface area contributed by atoms with Crippen molar-refractivity contribution in [3.8, 4) is 11.8 Å². The van der Waals surface area contributed by atoms with Crippen LogP contribution in [-0.4, -0.2) is 200 Å². The lowest BCUT2D eigenvalue weighted by Gasteiger charge is -2.26. The van der Waals surface area contributed by atoms with E-state index in [1.165, 1.54) is 121 Å². The monoisotopic (exact) mass is 1890 g/mol. The predicted octanol–water partition coefficient (Wildman–Crippen LogP) is 22.4. The predicted molar refractivity (Wildman–Crippen MR) is 571 cm³/mol. The van der Waals surface area contributed by atoms with Gasteiger partial charge in [-0.1, -0.05) is 198 Å². The van der Waals surface area contributed by atoms with Crippen LogP contribution in [0.5, 0.6) is 11.8 Å².